The average Bonchev–Trinajstić information content (AvgIpc) is 3.30. The van der Waals surface area contributed by atoms with Crippen LogP contribution >= 0.6 is 11.3 Å². The van der Waals surface area contributed by atoms with E-state index in [1.165, 1.54) is 16.9 Å². The van der Waals surface area contributed by atoms with Crippen LogP contribution in [0.25, 0.3) is 0 Å². The van der Waals surface area contributed by atoms with Gasteiger partial charge in [0, 0.05) is 6.20 Å². The first-order valence-electron chi connectivity index (χ1n) is 10.2. The SMILES string of the molecule is CC(OC(=O)NC(Cc1ccccc1)C(O)CCCc1ccccc1)c1cncs1. The number of amides is 1. The van der Waals surface area contributed by atoms with Crippen molar-refractivity contribution in [1.82, 2.24) is 10.3 Å². The molecule has 2 N–H and O–H groups in total. The van der Waals surface area contributed by atoms with E-state index in [-0.39, 0.29) is 6.10 Å². The molecule has 0 fully saturated rings. The van der Waals surface area contributed by atoms with Gasteiger partial charge in [-0.25, -0.2) is 4.79 Å². The maximum Gasteiger partial charge on any atom is 0.408 e. The molecule has 0 aliphatic carbocycles. The molecule has 0 bridgehead atoms. The molecule has 0 saturated heterocycles. The Bertz CT molecular complexity index is 872. The van der Waals surface area contributed by atoms with E-state index >= 15 is 0 Å². The van der Waals surface area contributed by atoms with E-state index in [1.54, 1.807) is 11.7 Å². The number of hydrogen-bond donors (Lipinski definition) is 2. The van der Waals surface area contributed by atoms with E-state index in [1.807, 2.05) is 55.5 Å². The molecule has 1 aromatic heterocycles. The summed E-state index contributed by atoms with van der Waals surface area (Å²) in [5.41, 5.74) is 4.01. The number of nitrogens with zero attached hydrogens (tertiary/aromatic N) is 1. The second-order valence-corrected chi connectivity index (χ2v) is 8.25. The van der Waals surface area contributed by atoms with Crippen molar-refractivity contribution in [2.45, 2.75) is 50.9 Å². The Hall–Kier alpha value is -2.70. The van der Waals surface area contributed by atoms with E-state index in [9.17, 15) is 9.90 Å². The number of aryl methyl sites for hydroxylation is 1. The van der Waals surface area contributed by atoms with Gasteiger partial charge in [0.05, 0.1) is 22.5 Å². The van der Waals surface area contributed by atoms with Gasteiger partial charge in [-0.15, -0.1) is 11.3 Å². The molecule has 6 heteroatoms. The van der Waals surface area contributed by atoms with Crippen LogP contribution in [0.3, 0.4) is 0 Å². The van der Waals surface area contributed by atoms with Crippen LogP contribution in [-0.2, 0) is 17.6 Å². The fourth-order valence-electron chi connectivity index (χ4n) is 3.34. The zero-order valence-corrected chi connectivity index (χ0v) is 17.9. The summed E-state index contributed by atoms with van der Waals surface area (Å²) in [6.45, 7) is 1.82. The molecule has 3 rings (SSSR count). The molecular weight excluding hydrogens is 396 g/mol. The number of aliphatic hydroxyl groups excluding tert-OH is 1. The van der Waals surface area contributed by atoms with Crippen LogP contribution in [0.2, 0.25) is 0 Å². The number of ether oxygens (including phenoxy) is 1. The molecule has 158 valence electrons. The fourth-order valence-corrected chi connectivity index (χ4v) is 3.95. The fraction of sp³-hybridized carbons (Fsp3) is 0.333. The third-order valence-corrected chi connectivity index (χ3v) is 5.95. The van der Waals surface area contributed by atoms with Gasteiger partial charge in [-0.05, 0) is 43.7 Å². The normalized spacial score (nSPS) is 13.9. The number of nitrogens with one attached hydrogen (secondary N) is 1. The van der Waals surface area contributed by atoms with E-state index in [0.717, 1.165) is 23.3 Å². The number of thiazole rings is 1. The van der Waals surface area contributed by atoms with Gasteiger partial charge in [0.15, 0.2) is 0 Å². The highest BCUT2D eigenvalue weighted by Gasteiger charge is 2.23. The van der Waals surface area contributed by atoms with Gasteiger partial charge in [0.1, 0.15) is 6.10 Å². The highest BCUT2D eigenvalue weighted by molar-refractivity contribution is 7.09. The highest BCUT2D eigenvalue weighted by atomic mass is 32.1. The molecule has 0 spiro atoms. The first-order valence-corrected chi connectivity index (χ1v) is 11.1. The monoisotopic (exact) mass is 424 g/mol. The summed E-state index contributed by atoms with van der Waals surface area (Å²) in [5.74, 6) is 0. The lowest BCUT2D eigenvalue weighted by Gasteiger charge is -2.25. The summed E-state index contributed by atoms with van der Waals surface area (Å²) in [5, 5.41) is 13.7. The molecule has 1 heterocycles. The number of aliphatic hydroxyl groups is 1. The van der Waals surface area contributed by atoms with Crippen LogP contribution in [0, 0.1) is 0 Å². The van der Waals surface area contributed by atoms with E-state index in [4.69, 9.17) is 4.74 Å². The van der Waals surface area contributed by atoms with Crippen LogP contribution < -0.4 is 5.32 Å². The topological polar surface area (TPSA) is 71.5 Å². The highest BCUT2D eigenvalue weighted by Crippen LogP contribution is 2.20. The van der Waals surface area contributed by atoms with Crippen molar-refractivity contribution < 1.29 is 14.6 Å². The molecule has 5 nitrogen and oxygen atoms in total. The first-order chi connectivity index (χ1) is 14.6. The lowest BCUT2D eigenvalue weighted by Crippen LogP contribution is -2.45. The molecule has 3 aromatic rings. The number of alkyl carbamates (subject to hydrolysis) is 1. The number of hydrogen-bond acceptors (Lipinski definition) is 5. The van der Waals surface area contributed by atoms with E-state index in [2.05, 4.69) is 22.4 Å². The van der Waals surface area contributed by atoms with Crippen molar-refractivity contribution in [3.63, 3.8) is 0 Å². The van der Waals surface area contributed by atoms with Crippen molar-refractivity contribution >= 4 is 17.4 Å². The Morgan fingerprint density at radius 1 is 1.10 bits per heavy atom. The number of rotatable bonds is 10. The predicted octanol–water partition coefficient (Wildman–Crippen LogP) is 4.93. The lowest BCUT2D eigenvalue weighted by atomic mass is 9.96. The number of carbonyl (C=O) groups excluding carboxylic acids is 1. The maximum atomic E-state index is 12.5. The van der Waals surface area contributed by atoms with Gasteiger partial charge in [-0.3, -0.25) is 4.98 Å². The molecule has 30 heavy (non-hydrogen) atoms. The third kappa shape index (κ3) is 6.97. The molecule has 0 aliphatic rings. The van der Waals surface area contributed by atoms with Gasteiger partial charge in [-0.2, -0.15) is 0 Å². The Morgan fingerprint density at radius 3 is 2.40 bits per heavy atom. The first kappa shape index (κ1) is 22.0. The zero-order chi connectivity index (χ0) is 21.2. The minimum atomic E-state index is -0.667. The number of aromatic nitrogens is 1. The predicted molar refractivity (Wildman–Crippen MR) is 119 cm³/mol. The average molecular weight is 425 g/mol. The van der Waals surface area contributed by atoms with Gasteiger partial charge in [0.25, 0.3) is 0 Å². The number of carbonyl (C=O) groups is 1. The van der Waals surface area contributed by atoms with Crippen LogP contribution in [0.1, 0.15) is 41.9 Å². The number of benzene rings is 2. The summed E-state index contributed by atoms with van der Waals surface area (Å²) in [6, 6.07) is 19.6. The second-order valence-electron chi connectivity index (χ2n) is 7.34. The van der Waals surface area contributed by atoms with Crippen LogP contribution in [-0.4, -0.2) is 28.3 Å². The largest absolute Gasteiger partial charge is 0.441 e. The van der Waals surface area contributed by atoms with Crippen molar-refractivity contribution in [3.8, 4) is 0 Å². The zero-order valence-electron chi connectivity index (χ0n) is 17.1. The minimum Gasteiger partial charge on any atom is -0.441 e. The van der Waals surface area contributed by atoms with E-state index in [0.29, 0.717) is 12.8 Å². The molecule has 3 atom stereocenters. The Morgan fingerprint density at radius 2 is 1.77 bits per heavy atom. The summed E-state index contributed by atoms with van der Waals surface area (Å²) < 4.78 is 5.50. The Balaban J connectivity index is 1.58. The quantitative estimate of drug-likeness (QED) is 0.484. The van der Waals surface area contributed by atoms with Crippen LogP contribution in [0.5, 0.6) is 0 Å². The van der Waals surface area contributed by atoms with Crippen molar-refractivity contribution in [2.24, 2.45) is 0 Å². The molecule has 0 saturated carbocycles. The third-order valence-electron chi connectivity index (χ3n) is 5.01. The van der Waals surface area contributed by atoms with Crippen molar-refractivity contribution in [1.29, 1.82) is 0 Å². The van der Waals surface area contributed by atoms with Crippen molar-refractivity contribution in [2.75, 3.05) is 0 Å². The standard InChI is InChI=1S/C24H28N2O3S/c1-18(23-16-25-17-30-23)29-24(28)26-21(15-20-11-6-3-7-12-20)22(27)14-8-13-19-9-4-2-5-10-19/h2-7,9-12,16-18,21-22,27H,8,13-15H2,1H3,(H,26,28). The van der Waals surface area contributed by atoms with Gasteiger partial charge in [0.2, 0.25) is 0 Å². The van der Waals surface area contributed by atoms with Gasteiger partial charge < -0.3 is 15.2 Å². The Kier molecular flexibility index (Phi) is 8.41. The van der Waals surface area contributed by atoms with Gasteiger partial charge >= 0.3 is 6.09 Å². The van der Waals surface area contributed by atoms with Crippen molar-refractivity contribution in [3.05, 3.63) is 88.4 Å². The van der Waals surface area contributed by atoms with E-state index < -0.39 is 18.2 Å². The Labute approximate surface area is 181 Å². The summed E-state index contributed by atoms with van der Waals surface area (Å²) >= 11 is 1.44. The molecule has 3 unspecified atom stereocenters. The van der Waals surface area contributed by atoms with Crippen LogP contribution in [0.4, 0.5) is 4.79 Å². The lowest BCUT2D eigenvalue weighted by molar-refractivity contribution is 0.0808. The minimum absolute atomic E-state index is 0.384. The summed E-state index contributed by atoms with van der Waals surface area (Å²) in [4.78, 5) is 17.4. The molecular formula is C24H28N2O3S. The molecule has 1 amide bonds. The maximum absolute atomic E-state index is 12.5. The smallest absolute Gasteiger partial charge is 0.408 e. The molecule has 0 radical (unpaired) electrons. The summed E-state index contributed by atoms with van der Waals surface area (Å²) in [6.07, 6.45) is 2.98. The summed E-state index contributed by atoms with van der Waals surface area (Å²) in [7, 11) is 0. The molecule has 0 aliphatic heterocycles. The van der Waals surface area contributed by atoms with Gasteiger partial charge in [-0.1, -0.05) is 60.7 Å². The van der Waals surface area contributed by atoms with Crippen LogP contribution in [0.15, 0.2) is 72.4 Å². The second kappa shape index (κ2) is 11.5. The molecule has 2 aromatic carbocycles.